The summed E-state index contributed by atoms with van der Waals surface area (Å²) < 4.78 is 43.8. The molecule has 23 heavy (non-hydrogen) atoms. The Morgan fingerprint density at radius 1 is 1.04 bits per heavy atom. The van der Waals surface area contributed by atoms with Gasteiger partial charge < -0.3 is 14.9 Å². The first kappa shape index (κ1) is 16.7. The van der Waals surface area contributed by atoms with Crippen LogP contribution in [0.5, 0.6) is 17.2 Å². The van der Waals surface area contributed by atoms with E-state index in [1.165, 1.54) is 6.07 Å². The summed E-state index contributed by atoms with van der Waals surface area (Å²) in [5, 5.41) is 19.3. The Balaban J connectivity index is 2.17. The first-order chi connectivity index (χ1) is 10.8. The van der Waals surface area contributed by atoms with Crippen LogP contribution >= 0.6 is 0 Å². The fourth-order valence-electron chi connectivity index (χ4n) is 1.97. The summed E-state index contributed by atoms with van der Waals surface area (Å²) in [6.45, 7) is 1.13. The highest BCUT2D eigenvalue weighted by atomic mass is 19.2. The number of rotatable bonds is 5. The van der Waals surface area contributed by atoms with E-state index in [0.717, 1.165) is 6.07 Å². The highest BCUT2D eigenvalue weighted by Crippen LogP contribution is 2.28. The summed E-state index contributed by atoms with van der Waals surface area (Å²) in [7, 11) is 0. The van der Waals surface area contributed by atoms with E-state index in [4.69, 9.17) is 4.74 Å². The van der Waals surface area contributed by atoms with Crippen LogP contribution in [-0.2, 0) is 6.42 Å². The molecule has 2 aromatic carbocycles. The van der Waals surface area contributed by atoms with Crippen LogP contribution in [0.2, 0.25) is 0 Å². The van der Waals surface area contributed by atoms with Gasteiger partial charge in [-0.05, 0) is 18.1 Å². The molecule has 0 bridgehead atoms. The number of hydrogen-bond acceptors (Lipinski definition) is 4. The van der Waals surface area contributed by atoms with E-state index in [1.54, 1.807) is 6.92 Å². The molecule has 0 heterocycles. The predicted molar refractivity (Wildman–Crippen MR) is 75.3 cm³/mol. The first-order valence-electron chi connectivity index (χ1n) is 6.68. The second kappa shape index (κ2) is 6.60. The monoisotopic (exact) mass is 326 g/mol. The molecule has 0 aliphatic rings. The van der Waals surface area contributed by atoms with Crippen molar-refractivity contribution in [3.05, 3.63) is 52.8 Å². The summed E-state index contributed by atoms with van der Waals surface area (Å²) in [5.41, 5.74) is 0.354. The number of phenols is 2. The molecule has 0 aliphatic heterocycles. The van der Waals surface area contributed by atoms with Gasteiger partial charge in [0.25, 0.3) is 0 Å². The van der Waals surface area contributed by atoms with Crippen molar-refractivity contribution in [2.75, 3.05) is 6.61 Å². The normalized spacial score (nSPS) is 10.6. The maximum atomic E-state index is 13.0. The van der Waals surface area contributed by atoms with Crippen LogP contribution in [-0.4, -0.2) is 22.6 Å². The van der Waals surface area contributed by atoms with Crippen molar-refractivity contribution in [2.45, 2.75) is 13.3 Å². The number of benzene rings is 2. The van der Waals surface area contributed by atoms with Crippen LogP contribution in [0.4, 0.5) is 13.2 Å². The van der Waals surface area contributed by atoms with Crippen molar-refractivity contribution in [1.82, 2.24) is 0 Å². The zero-order valence-corrected chi connectivity index (χ0v) is 12.1. The van der Waals surface area contributed by atoms with E-state index in [9.17, 15) is 28.2 Å². The van der Waals surface area contributed by atoms with E-state index in [2.05, 4.69) is 0 Å². The minimum absolute atomic E-state index is 0.0947. The number of halogens is 3. The third kappa shape index (κ3) is 3.56. The topological polar surface area (TPSA) is 66.8 Å². The van der Waals surface area contributed by atoms with Crippen LogP contribution in [0, 0.1) is 17.5 Å². The lowest BCUT2D eigenvalue weighted by Crippen LogP contribution is -2.12. The van der Waals surface area contributed by atoms with Crippen LogP contribution < -0.4 is 4.74 Å². The zero-order chi connectivity index (χ0) is 17.1. The number of carbonyl (C=O) groups is 1. The second-order valence-corrected chi connectivity index (χ2v) is 4.76. The molecule has 0 spiro atoms. The number of phenolic OH excluding ortho intramolecular Hbond substituents is 2. The van der Waals surface area contributed by atoms with E-state index in [1.807, 2.05) is 0 Å². The first-order valence-corrected chi connectivity index (χ1v) is 6.68. The van der Waals surface area contributed by atoms with Crippen molar-refractivity contribution < 1.29 is 32.9 Å². The summed E-state index contributed by atoms with van der Waals surface area (Å²) >= 11 is 0. The van der Waals surface area contributed by atoms with E-state index in [-0.39, 0.29) is 17.1 Å². The van der Waals surface area contributed by atoms with Crippen molar-refractivity contribution >= 4 is 5.78 Å². The molecule has 0 aromatic heterocycles. The lowest BCUT2D eigenvalue weighted by Gasteiger charge is -2.10. The average Bonchev–Trinajstić information content (AvgIpc) is 2.50. The fourth-order valence-corrected chi connectivity index (χ4v) is 1.97. The Hall–Kier alpha value is -2.70. The van der Waals surface area contributed by atoms with Crippen molar-refractivity contribution in [3.8, 4) is 17.2 Å². The molecule has 0 radical (unpaired) electrons. The number of ether oxygens (including phenoxy) is 1. The molecule has 2 rings (SSSR count). The number of Topliss-reactive ketones (excluding diaryl/α,β-unsaturated/α-hetero) is 1. The Morgan fingerprint density at radius 2 is 1.65 bits per heavy atom. The van der Waals surface area contributed by atoms with Gasteiger partial charge in [-0.25, -0.2) is 13.2 Å². The second-order valence-electron chi connectivity index (χ2n) is 4.76. The smallest absolute Gasteiger partial charge is 0.203 e. The van der Waals surface area contributed by atoms with Gasteiger partial charge in [-0.2, -0.15) is 0 Å². The quantitative estimate of drug-likeness (QED) is 0.653. The number of carbonyl (C=O) groups excluding carboxylic acids is 1. The van der Waals surface area contributed by atoms with Crippen molar-refractivity contribution in [2.24, 2.45) is 0 Å². The van der Waals surface area contributed by atoms with Gasteiger partial charge in [0.1, 0.15) is 17.2 Å². The molecule has 0 atom stereocenters. The molecule has 0 saturated heterocycles. The standard InChI is InChI=1S/C16H13F3O4/c1-2-8-3-10(14(21)6-13(8)20)15(22)7-23-9-4-11(17)16(19)12(18)5-9/h3-6,20-21H,2,7H2,1H3. The average molecular weight is 326 g/mol. The molecular weight excluding hydrogens is 313 g/mol. The minimum atomic E-state index is -1.63. The van der Waals surface area contributed by atoms with Gasteiger partial charge in [-0.1, -0.05) is 6.92 Å². The number of ketones is 1. The van der Waals surface area contributed by atoms with Crippen LogP contribution in [0.15, 0.2) is 24.3 Å². The van der Waals surface area contributed by atoms with Gasteiger partial charge in [-0.3, -0.25) is 4.79 Å². The van der Waals surface area contributed by atoms with Crippen molar-refractivity contribution in [1.29, 1.82) is 0 Å². The lowest BCUT2D eigenvalue weighted by atomic mass is 10.0. The Labute approximate surface area is 129 Å². The number of aryl methyl sites for hydroxylation is 1. The largest absolute Gasteiger partial charge is 0.508 e. The van der Waals surface area contributed by atoms with E-state index in [0.29, 0.717) is 24.1 Å². The fraction of sp³-hybridized carbons (Fsp3) is 0.188. The number of hydrogen-bond donors (Lipinski definition) is 2. The van der Waals surface area contributed by atoms with Crippen LogP contribution in [0.3, 0.4) is 0 Å². The Bertz CT molecular complexity index is 736. The molecule has 0 unspecified atom stereocenters. The SMILES string of the molecule is CCc1cc(C(=O)COc2cc(F)c(F)c(F)c2)c(O)cc1O. The third-order valence-electron chi connectivity index (χ3n) is 3.21. The van der Waals surface area contributed by atoms with Gasteiger partial charge >= 0.3 is 0 Å². The molecule has 7 heteroatoms. The van der Waals surface area contributed by atoms with Gasteiger partial charge in [-0.15, -0.1) is 0 Å². The molecule has 0 fully saturated rings. The number of aromatic hydroxyl groups is 2. The lowest BCUT2D eigenvalue weighted by molar-refractivity contribution is 0.0918. The van der Waals surface area contributed by atoms with Crippen LogP contribution in [0.1, 0.15) is 22.8 Å². The Kier molecular flexibility index (Phi) is 4.78. The third-order valence-corrected chi connectivity index (χ3v) is 3.21. The van der Waals surface area contributed by atoms with Gasteiger partial charge in [0.2, 0.25) is 5.78 Å². The molecule has 0 aliphatic carbocycles. The van der Waals surface area contributed by atoms with Gasteiger partial charge in [0.05, 0.1) is 5.56 Å². The summed E-state index contributed by atoms with van der Waals surface area (Å²) in [4.78, 5) is 12.0. The van der Waals surface area contributed by atoms with Crippen LogP contribution in [0.25, 0.3) is 0 Å². The maximum Gasteiger partial charge on any atom is 0.203 e. The molecular formula is C16H13F3O4. The molecule has 0 amide bonds. The molecule has 122 valence electrons. The Morgan fingerprint density at radius 3 is 2.22 bits per heavy atom. The zero-order valence-electron chi connectivity index (χ0n) is 12.1. The van der Waals surface area contributed by atoms with Crippen molar-refractivity contribution in [3.63, 3.8) is 0 Å². The summed E-state index contributed by atoms with van der Waals surface area (Å²) in [6.07, 6.45) is 0.432. The molecule has 4 nitrogen and oxygen atoms in total. The minimum Gasteiger partial charge on any atom is -0.508 e. The summed E-state index contributed by atoms with van der Waals surface area (Å²) in [5.74, 6) is -6.12. The predicted octanol–water partition coefficient (Wildman–Crippen LogP) is 3.34. The molecule has 2 aromatic rings. The molecule has 0 saturated carbocycles. The van der Waals surface area contributed by atoms with Gasteiger partial charge in [0.15, 0.2) is 24.1 Å². The summed E-state index contributed by atoms with van der Waals surface area (Å²) in [6, 6.07) is 3.56. The maximum absolute atomic E-state index is 13.0. The highest BCUT2D eigenvalue weighted by molar-refractivity contribution is 6.00. The van der Waals surface area contributed by atoms with Gasteiger partial charge in [0, 0.05) is 18.2 Å². The highest BCUT2D eigenvalue weighted by Gasteiger charge is 2.17. The molecule has 2 N–H and O–H groups in total. The van der Waals surface area contributed by atoms with E-state index < -0.39 is 35.6 Å². The van der Waals surface area contributed by atoms with E-state index >= 15 is 0 Å².